The molecule has 5 heteroatoms. The Morgan fingerprint density at radius 2 is 1.96 bits per heavy atom. The van der Waals surface area contributed by atoms with Gasteiger partial charge in [-0.05, 0) is 49.6 Å². The molecule has 0 aliphatic carbocycles. The SMILES string of the molecule is CCCCOc1cccc(C(=O)Nc2cccc(Cl)c2N2CCCC2)c1. The summed E-state index contributed by atoms with van der Waals surface area (Å²) in [6, 6.07) is 12.9. The van der Waals surface area contributed by atoms with E-state index in [1.165, 1.54) is 0 Å². The van der Waals surface area contributed by atoms with Crippen LogP contribution in [0.2, 0.25) is 5.02 Å². The van der Waals surface area contributed by atoms with Gasteiger partial charge >= 0.3 is 0 Å². The van der Waals surface area contributed by atoms with Gasteiger partial charge in [0.25, 0.3) is 5.91 Å². The number of amides is 1. The Kier molecular flexibility index (Phi) is 6.40. The van der Waals surface area contributed by atoms with Crippen LogP contribution in [0, 0.1) is 0 Å². The van der Waals surface area contributed by atoms with Crippen molar-refractivity contribution < 1.29 is 9.53 Å². The van der Waals surface area contributed by atoms with Crippen LogP contribution in [0.25, 0.3) is 0 Å². The van der Waals surface area contributed by atoms with Crippen LogP contribution in [-0.4, -0.2) is 25.6 Å². The normalized spacial score (nSPS) is 13.7. The fourth-order valence-corrected chi connectivity index (χ4v) is 3.43. The topological polar surface area (TPSA) is 41.6 Å². The first-order valence-corrected chi connectivity index (χ1v) is 9.64. The van der Waals surface area contributed by atoms with Gasteiger partial charge in [-0.3, -0.25) is 4.79 Å². The first-order valence-electron chi connectivity index (χ1n) is 9.26. The lowest BCUT2D eigenvalue weighted by Crippen LogP contribution is -2.21. The second-order valence-electron chi connectivity index (χ2n) is 6.51. The van der Waals surface area contributed by atoms with Crippen LogP contribution in [-0.2, 0) is 0 Å². The average Bonchev–Trinajstić information content (AvgIpc) is 3.16. The van der Waals surface area contributed by atoms with Gasteiger partial charge < -0.3 is 15.0 Å². The average molecular weight is 373 g/mol. The molecule has 1 amide bonds. The molecule has 26 heavy (non-hydrogen) atoms. The molecule has 0 unspecified atom stereocenters. The smallest absolute Gasteiger partial charge is 0.255 e. The number of carbonyl (C=O) groups is 1. The molecule has 138 valence electrons. The van der Waals surface area contributed by atoms with Gasteiger partial charge in [-0.2, -0.15) is 0 Å². The van der Waals surface area contributed by atoms with Crippen molar-refractivity contribution >= 4 is 28.9 Å². The maximum absolute atomic E-state index is 12.7. The Labute approximate surface area is 160 Å². The van der Waals surface area contributed by atoms with Crippen molar-refractivity contribution in [3.63, 3.8) is 0 Å². The summed E-state index contributed by atoms with van der Waals surface area (Å²) in [5.74, 6) is 0.561. The number of rotatable bonds is 7. The third kappa shape index (κ3) is 4.50. The highest BCUT2D eigenvalue weighted by Crippen LogP contribution is 2.36. The number of benzene rings is 2. The number of nitrogens with one attached hydrogen (secondary N) is 1. The van der Waals surface area contributed by atoms with Crippen LogP contribution < -0.4 is 15.0 Å². The number of unbranched alkanes of at least 4 members (excludes halogenated alkanes) is 1. The van der Waals surface area contributed by atoms with Crippen LogP contribution in [0.4, 0.5) is 11.4 Å². The molecule has 0 spiro atoms. The minimum Gasteiger partial charge on any atom is -0.494 e. The summed E-state index contributed by atoms with van der Waals surface area (Å²) < 4.78 is 5.70. The van der Waals surface area contributed by atoms with Gasteiger partial charge in [-0.1, -0.05) is 37.1 Å². The highest BCUT2D eigenvalue weighted by molar-refractivity contribution is 6.34. The van der Waals surface area contributed by atoms with Gasteiger partial charge in [-0.15, -0.1) is 0 Å². The zero-order valence-electron chi connectivity index (χ0n) is 15.1. The minimum atomic E-state index is -0.159. The Hall–Kier alpha value is -2.20. The molecule has 2 aromatic rings. The molecule has 3 rings (SSSR count). The first-order chi connectivity index (χ1) is 12.7. The molecule has 0 bridgehead atoms. The monoisotopic (exact) mass is 372 g/mol. The third-order valence-corrected chi connectivity index (χ3v) is 4.83. The number of hydrogen-bond acceptors (Lipinski definition) is 3. The number of ether oxygens (including phenoxy) is 1. The predicted octanol–water partition coefficient (Wildman–Crippen LogP) is 5.37. The lowest BCUT2D eigenvalue weighted by molar-refractivity contribution is 0.102. The lowest BCUT2D eigenvalue weighted by Gasteiger charge is -2.23. The molecular weight excluding hydrogens is 348 g/mol. The Morgan fingerprint density at radius 1 is 1.19 bits per heavy atom. The molecule has 0 atom stereocenters. The Bertz CT molecular complexity index is 757. The summed E-state index contributed by atoms with van der Waals surface area (Å²) in [4.78, 5) is 15.0. The second kappa shape index (κ2) is 8.95. The minimum absolute atomic E-state index is 0.159. The van der Waals surface area contributed by atoms with E-state index in [1.54, 1.807) is 12.1 Å². The van der Waals surface area contributed by atoms with Crippen LogP contribution in [0.15, 0.2) is 42.5 Å². The molecular formula is C21H25ClN2O2. The number of nitrogens with zero attached hydrogens (tertiary/aromatic N) is 1. The number of halogens is 1. The van der Waals surface area contributed by atoms with E-state index in [1.807, 2.05) is 30.3 Å². The van der Waals surface area contributed by atoms with E-state index in [4.69, 9.17) is 16.3 Å². The van der Waals surface area contributed by atoms with Crippen molar-refractivity contribution in [2.45, 2.75) is 32.6 Å². The van der Waals surface area contributed by atoms with Gasteiger partial charge in [0, 0.05) is 18.7 Å². The molecule has 0 radical (unpaired) electrons. The number of carbonyl (C=O) groups excluding carboxylic acids is 1. The fourth-order valence-electron chi connectivity index (χ4n) is 3.13. The van der Waals surface area contributed by atoms with Crippen LogP contribution in [0.1, 0.15) is 43.0 Å². The summed E-state index contributed by atoms with van der Waals surface area (Å²) in [6.07, 6.45) is 4.37. The number of hydrogen-bond donors (Lipinski definition) is 1. The fraction of sp³-hybridized carbons (Fsp3) is 0.381. The van der Waals surface area contributed by atoms with E-state index in [0.717, 1.165) is 55.9 Å². The maximum Gasteiger partial charge on any atom is 0.255 e. The Balaban J connectivity index is 1.76. The second-order valence-corrected chi connectivity index (χ2v) is 6.92. The summed E-state index contributed by atoms with van der Waals surface area (Å²) >= 11 is 6.42. The third-order valence-electron chi connectivity index (χ3n) is 4.52. The molecule has 0 aromatic heterocycles. The van der Waals surface area contributed by atoms with Crippen molar-refractivity contribution in [1.82, 2.24) is 0 Å². The summed E-state index contributed by atoms with van der Waals surface area (Å²) in [5.41, 5.74) is 2.24. The van der Waals surface area contributed by atoms with E-state index < -0.39 is 0 Å². The molecule has 1 heterocycles. The molecule has 1 saturated heterocycles. The van der Waals surface area contributed by atoms with Crippen molar-refractivity contribution in [3.05, 3.63) is 53.1 Å². The molecule has 1 aliphatic heterocycles. The van der Waals surface area contributed by atoms with E-state index in [2.05, 4.69) is 17.1 Å². The van der Waals surface area contributed by atoms with Crippen molar-refractivity contribution in [2.75, 3.05) is 29.9 Å². The van der Waals surface area contributed by atoms with Gasteiger partial charge in [0.2, 0.25) is 0 Å². The quantitative estimate of drug-likeness (QED) is 0.664. The zero-order valence-corrected chi connectivity index (χ0v) is 15.9. The number of para-hydroxylation sites is 1. The summed E-state index contributed by atoms with van der Waals surface area (Å²) in [6.45, 7) is 4.71. The van der Waals surface area contributed by atoms with Gasteiger partial charge in [-0.25, -0.2) is 0 Å². The number of anilines is 2. The largest absolute Gasteiger partial charge is 0.494 e. The van der Waals surface area contributed by atoms with Crippen LogP contribution in [0.3, 0.4) is 0 Å². The Morgan fingerprint density at radius 3 is 2.73 bits per heavy atom. The van der Waals surface area contributed by atoms with E-state index >= 15 is 0 Å². The zero-order chi connectivity index (χ0) is 18.4. The van der Waals surface area contributed by atoms with E-state index in [9.17, 15) is 4.79 Å². The van der Waals surface area contributed by atoms with E-state index in [-0.39, 0.29) is 5.91 Å². The van der Waals surface area contributed by atoms with Gasteiger partial charge in [0.15, 0.2) is 0 Å². The highest BCUT2D eigenvalue weighted by atomic mass is 35.5. The predicted molar refractivity (Wildman–Crippen MR) is 108 cm³/mol. The van der Waals surface area contributed by atoms with Crippen molar-refractivity contribution in [3.8, 4) is 5.75 Å². The van der Waals surface area contributed by atoms with Crippen LogP contribution >= 0.6 is 11.6 Å². The van der Waals surface area contributed by atoms with E-state index in [0.29, 0.717) is 17.2 Å². The highest BCUT2D eigenvalue weighted by Gasteiger charge is 2.20. The first kappa shape index (κ1) is 18.6. The van der Waals surface area contributed by atoms with Gasteiger partial charge in [0.05, 0.1) is 23.0 Å². The molecule has 2 aromatic carbocycles. The van der Waals surface area contributed by atoms with Crippen molar-refractivity contribution in [1.29, 1.82) is 0 Å². The van der Waals surface area contributed by atoms with Crippen LogP contribution in [0.5, 0.6) is 5.75 Å². The molecule has 0 saturated carbocycles. The van der Waals surface area contributed by atoms with Gasteiger partial charge in [0.1, 0.15) is 5.75 Å². The molecule has 1 N–H and O–H groups in total. The van der Waals surface area contributed by atoms with Crippen molar-refractivity contribution in [2.24, 2.45) is 0 Å². The summed E-state index contributed by atoms with van der Waals surface area (Å²) in [5, 5.41) is 3.69. The molecule has 4 nitrogen and oxygen atoms in total. The molecule has 1 aliphatic rings. The standard InChI is InChI=1S/C21H25ClN2O2/c1-2-3-14-26-17-9-6-8-16(15-17)21(25)23-19-11-7-10-18(22)20(19)24-12-4-5-13-24/h6-11,15H,2-5,12-14H2,1H3,(H,23,25). The summed E-state index contributed by atoms with van der Waals surface area (Å²) in [7, 11) is 0. The maximum atomic E-state index is 12.7. The lowest BCUT2D eigenvalue weighted by atomic mass is 10.2. The molecule has 1 fully saturated rings.